The summed E-state index contributed by atoms with van der Waals surface area (Å²) in [5.41, 5.74) is 1.17. The SMILES string of the molecule is CCn1ncc(C(=O)O)c1CN1CCCC1. The molecule has 0 spiro atoms. The van der Waals surface area contributed by atoms with E-state index in [0.29, 0.717) is 12.1 Å². The van der Waals surface area contributed by atoms with Crippen molar-refractivity contribution >= 4 is 5.97 Å². The molecule has 1 aromatic heterocycles. The topological polar surface area (TPSA) is 58.4 Å². The number of carboxylic acid groups (broad SMARTS) is 1. The van der Waals surface area contributed by atoms with E-state index in [9.17, 15) is 4.79 Å². The van der Waals surface area contributed by atoms with E-state index in [0.717, 1.165) is 25.3 Å². The van der Waals surface area contributed by atoms with Crippen LogP contribution in [0.2, 0.25) is 0 Å². The van der Waals surface area contributed by atoms with Gasteiger partial charge in [0.1, 0.15) is 5.56 Å². The van der Waals surface area contributed by atoms with Crippen molar-refractivity contribution in [2.75, 3.05) is 13.1 Å². The molecule has 1 aliphatic heterocycles. The van der Waals surface area contributed by atoms with Gasteiger partial charge >= 0.3 is 5.97 Å². The van der Waals surface area contributed by atoms with E-state index >= 15 is 0 Å². The zero-order chi connectivity index (χ0) is 11.5. The second kappa shape index (κ2) is 4.65. The maximum Gasteiger partial charge on any atom is 0.339 e. The van der Waals surface area contributed by atoms with E-state index in [-0.39, 0.29) is 0 Å². The molecule has 1 aromatic rings. The van der Waals surface area contributed by atoms with E-state index in [2.05, 4.69) is 10.00 Å². The Bertz CT molecular complexity index is 381. The first-order chi connectivity index (χ1) is 7.72. The summed E-state index contributed by atoms with van der Waals surface area (Å²) in [5.74, 6) is -0.881. The molecule has 0 unspecified atom stereocenters. The van der Waals surface area contributed by atoms with Crippen molar-refractivity contribution in [3.8, 4) is 0 Å². The van der Waals surface area contributed by atoms with Gasteiger partial charge in [-0.1, -0.05) is 0 Å². The molecule has 1 aliphatic rings. The number of aryl methyl sites for hydroxylation is 1. The van der Waals surface area contributed by atoms with Crippen LogP contribution in [0, 0.1) is 0 Å². The molecule has 0 aromatic carbocycles. The Hall–Kier alpha value is -1.36. The Morgan fingerprint density at radius 2 is 2.19 bits per heavy atom. The summed E-state index contributed by atoms with van der Waals surface area (Å²) in [4.78, 5) is 13.3. The fraction of sp³-hybridized carbons (Fsp3) is 0.636. The lowest BCUT2D eigenvalue weighted by atomic mass is 10.2. The molecule has 0 saturated carbocycles. The summed E-state index contributed by atoms with van der Waals surface area (Å²) >= 11 is 0. The molecule has 5 nitrogen and oxygen atoms in total. The Kier molecular flexibility index (Phi) is 3.24. The summed E-state index contributed by atoms with van der Waals surface area (Å²) in [6.07, 6.45) is 3.88. The van der Waals surface area contributed by atoms with Crippen LogP contribution in [0.3, 0.4) is 0 Å². The molecule has 2 heterocycles. The molecule has 0 aliphatic carbocycles. The van der Waals surface area contributed by atoms with E-state index < -0.39 is 5.97 Å². The smallest absolute Gasteiger partial charge is 0.339 e. The molecule has 0 atom stereocenters. The Morgan fingerprint density at radius 1 is 1.50 bits per heavy atom. The van der Waals surface area contributed by atoms with Gasteiger partial charge in [0.25, 0.3) is 0 Å². The molecule has 0 amide bonds. The highest BCUT2D eigenvalue weighted by Gasteiger charge is 2.20. The highest BCUT2D eigenvalue weighted by Crippen LogP contribution is 2.16. The standard InChI is InChI=1S/C11H17N3O2/c1-2-14-10(8-13-5-3-4-6-13)9(7-12-14)11(15)16/h7H,2-6,8H2,1H3,(H,15,16). The maximum atomic E-state index is 11.1. The number of hydrogen-bond donors (Lipinski definition) is 1. The minimum absolute atomic E-state index is 0.341. The zero-order valence-corrected chi connectivity index (χ0v) is 9.52. The van der Waals surface area contributed by atoms with Crippen LogP contribution in [0.1, 0.15) is 35.8 Å². The number of likely N-dealkylation sites (tertiary alicyclic amines) is 1. The quantitative estimate of drug-likeness (QED) is 0.833. The summed E-state index contributed by atoms with van der Waals surface area (Å²) in [6.45, 7) is 5.53. The average Bonchev–Trinajstić information content (AvgIpc) is 2.87. The molecule has 1 N–H and O–H groups in total. The van der Waals surface area contributed by atoms with Crippen LogP contribution in [0.25, 0.3) is 0 Å². The second-order valence-corrected chi connectivity index (χ2v) is 4.11. The van der Waals surface area contributed by atoms with Crippen molar-refractivity contribution in [3.05, 3.63) is 17.5 Å². The lowest BCUT2D eigenvalue weighted by molar-refractivity contribution is 0.0694. The first-order valence-corrected chi connectivity index (χ1v) is 5.72. The Morgan fingerprint density at radius 3 is 2.75 bits per heavy atom. The molecule has 1 fully saturated rings. The van der Waals surface area contributed by atoms with Crippen molar-refractivity contribution in [3.63, 3.8) is 0 Å². The van der Waals surface area contributed by atoms with E-state index in [1.807, 2.05) is 6.92 Å². The van der Waals surface area contributed by atoms with Crippen LogP contribution in [0.5, 0.6) is 0 Å². The molecule has 5 heteroatoms. The molecule has 16 heavy (non-hydrogen) atoms. The third-order valence-electron chi connectivity index (χ3n) is 3.05. The van der Waals surface area contributed by atoms with Gasteiger partial charge in [0.05, 0.1) is 11.9 Å². The van der Waals surface area contributed by atoms with Crippen LogP contribution >= 0.6 is 0 Å². The maximum absolute atomic E-state index is 11.1. The monoisotopic (exact) mass is 223 g/mol. The van der Waals surface area contributed by atoms with E-state index in [1.54, 1.807) is 4.68 Å². The van der Waals surface area contributed by atoms with Crippen LogP contribution in [0.4, 0.5) is 0 Å². The number of carbonyl (C=O) groups is 1. The second-order valence-electron chi connectivity index (χ2n) is 4.11. The van der Waals surface area contributed by atoms with E-state index in [4.69, 9.17) is 5.11 Å². The predicted octanol–water partition coefficient (Wildman–Crippen LogP) is 1.20. The van der Waals surface area contributed by atoms with Gasteiger partial charge in [-0.2, -0.15) is 5.10 Å². The van der Waals surface area contributed by atoms with Crippen molar-refractivity contribution in [1.29, 1.82) is 0 Å². The third kappa shape index (κ3) is 2.09. The van der Waals surface area contributed by atoms with Gasteiger partial charge in [0.15, 0.2) is 0 Å². The normalized spacial score (nSPS) is 16.8. The van der Waals surface area contributed by atoms with Gasteiger partial charge in [0.2, 0.25) is 0 Å². The van der Waals surface area contributed by atoms with Crippen LogP contribution in [0.15, 0.2) is 6.20 Å². The Balaban J connectivity index is 2.21. The average molecular weight is 223 g/mol. The predicted molar refractivity (Wildman–Crippen MR) is 59.4 cm³/mol. The van der Waals surface area contributed by atoms with Crippen molar-refractivity contribution in [1.82, 2.24) is 14.7 Å². The zero-order valence-electron chi connectivity index (χ0n) is 9.52. The van der Waals surface area contributed by atoms with E-state index in [1.165, 1.54) is 19.0 Å². The highest BCUT2D eigenvalue weighted by molar-refractivity contribution is 5.88. The number of hydrogen-bond acceptors (Lipinski definition) is 3. The lowest BCUT2D eigenvalue weighted by Gasteiger charge is -2.15. The Labute approximate surface area is 94.7 Å². The molecule has 0 radical (unpaired) electrons. The molecule has 88 valence electrons. The van der Waals surface area contributed by atoms with Gasteiger partial charge in [0, 0.05) is 13.1 Å². The number of aromatic carboxylic acids is 1. The third-order valence-corrected chi connectivity index (χ3v) is 3.05. The summed E-state index contributed by atoms with van der Waals surface area (Å²) in [5, 5.41) is 13.2. The fourth-order valence-corrected chi connectivity index (χ4v) is 2.18. The van der Waals surface area contributed by atoms with Crippen LogP contribution in [-0.2, 0) is 13.1 Å². The van der Waals surface area contributed by atoms with Crippen molar-refractivity contribution in [2.45, 2.75) is 32.9 Å². The molecule has 1 saturated heterocycles. The molecular weight excluding hydrogens is 206 g/mol. The van der Waals surface area contributed by atoms with Crippen molar-refractivity contribution < 1.29 is 9.90 Å². The van der Waals surface area contributed by atoms with Gasteiger partial charge in [-0.05, 0) is 32.9 Å². The molecular formula is C11H17N3O2. The first-order valence-electron chi connectivity index (χ1n) is 5.72. The summed E-state index contributed by atoms with van der Waals surface area (Å²) < 4.78 is 1.78. The van der Waals surface area contributed by atoms with Gasteiger partial charge in [-0.15, -0.1) is 0 Å². The lowest BCUT2D eigenvalue weighted by Crippen LogP contribution is -2.22. The van der Waals surface area contributed by atoms with Crippen LogP contribution < -0.4 is 0 Å². The highest BCUT2D eigenvalue weighted by atomic mass is 16.4. The molecule has 0 bridgehead atoms. The van der Waals surface area contributed by atoms with Crippen molar-refractivity contribution in [2.24, 2.45) is 0 Å². The fourth-order valence-electron chi connectivity index (χ4n) is 2.18. The largest absolute Gasteiger partial charge is 0.478 e. The first kappa shape index (κ1) is 11.1. The van der Waals surface area contributed by atoms with Crippen LogP contribution in [-0.4, -0.2) is 38.8 Å². The minimum Gasteiger partial charge on any atom is -0.478 e. The number of rotatable bonds is 4. The van der Waals surface area contributed by atoms with Gasteiger partial charge in [-0.25, -0.2) is 4.79 Å². The number of nitrogens with zero attached hydrogens (tertiary/aromatic N) is 3. The van der Waals surface area contributed by atoms with Gasteiger partial charge in [-0.3, -0.25) is 9.58 Å². The minimum atomic E-state index is -0.881. The number of aromatic nitrogens is 2. The summed E-state index contributed by atoms with van der Waals surface area (Å²) in [7, 11) is 0. The summed E-state index contributed by atoms with van der Waals surface area (Å²) in [6, 6.07) is 0. The van der Waals surface area contributed by atoms with Gasteiger partial charge < -0.3 is 5.11 Å². The molecule has 2 rings (SSSR count). The number of carboxylic acids is 1.